The van der Waals surface area contributed by atoms with Crippen molar-refractivity contribution < 1.29 is 0 Å². The van der Waals surface area contributed by atoms with E-state index in [2.05, 4.69) is 30.3 Å². The molecule has 2 atom stereocenters. The predicted octanol–water partition coefficient (Wildman–Crippen LogP) is 2.50. The van der Waals surface area contributed by atoms with Crippen molar-refractivity contribution in [3.63, 3.8) is 0 Å². The quantitative estimate of drug-likeness (QED) is 0.605. The molecule has 2 aliphatic rings. The van der Waals surface area contributed by atoms with Gasteiger partial charge in [0, 0.05) is 19.2 Å². The van der Waals surface area contributed by atoms with Gasteiger partial charge in [-0.2, -0.15) is 5.10 Å². The molecule has 1 saturated carbocycles. The monoisotopic (exact) mass is 180 g/mol. The Morgan fingerprint density at radius 3 is 2.46 bits per heavy atom. The minimum atomic E-state index is 0.660. The fourth-order valence-electron chi connectivity index (χ4n) is 2.93. The van der Waals surface area contributed by atoms with Crippen molar-refractivity contribution in [2.24, 2.45) is 16.9 Å². The lowest BCUT2D eigenvalue weighted by molar-refractivity contribution is 0.145. The first kappa shape index (κ1) is 9.04. The van der Waals surface area contributed by atoms with E-state index in [1.54, 1.807) is 0 Å². The van der Waals surface area contributed by atoms with E-state index in [0.717, 1.165) is 5.92 Å². The highest BCUT2D eigenvalue weighted by molar-refractivity contribution is 5.63. The Balaban J connectivity index is 1.98. The number of nitrogens with zero attached hydrogens (tertiary/aromatic N) is 2. The van der Waals surface area contributed by atoms with Crippen LogP contribution in [-0.2, 0) is 0 Å². The van der Waals surface area contributed by atoms with Crippen LogP contribution in [0.2, 0.25) is 0 Å². The van der Waals surface area contributed by atoms with E-state index in [4.69, 9.17) is 0 Å². The van der Waals surface area contributed by atoms with Crippen LogP contribution < -0.4 is 0 Å². The van der Waals surface area contributed by atoms with Crippen LogP contribution in [0.3, 0.4) is 0 Å². The molecule has 0 saturated heterocycles. The molecule has 1 heterocycles. The molecule has 74 valence electrons. The van der Waals surface area contributed by atoms with Gasteiger partial charge in [-0.25, -0.2) is 0 Å². The van der Waals surface area contributed by atoms with Crippen LogP contribution in [0.15, 0.2) is 5.10 Å². The number of hydrazone groups is 1. The Morgan fingerprint density at radius 2 is 1.92 bits per heavy atom. The van der Waals surface area contributed by atoms with Crippen LogP contribution in [0.4, 0.5) is 0 Å². The second kappa shape index (κ2) is 3.69. The summed E-state index contributed by atoms with van der Waals surface area (Å²) in [5.74, 6) is 1.56. The summed E-state index contributed by atoms with van der Waals surface area (Å²) in [7, 11) is 2.12. The smallest absolute Gasteiger partial charge is 0.0570 e. The molecular weight excluding hydrogens is 160 g/mol. The van der Waals surface area contributed by atoms with Gasteiger partial charge in [-0.3, -0.25) is 5.01 Å². The van der Waals surface area contributed by atoms with Crippen molar-refractivity contribution in [1.29, 1.82) is 0 Å². The van der Waals surface area contributed by atoms with Crippen molar-refractivity contribution in [3.05, 3.63) is 0 Å². The zero-order valence-electron chi connectivity index (χ0n) is 8.74. The normalized spacial score (nSPS) is 35.7. The van der Waals surface area contributed by atoms with E-state index in [-0.39, 0.29) is 0 Å². The Labute approximate surface area is 81.0 Å². The molecule has 2 rings (SSSR count). The maximum Gasteiger partial charge on any atom is 0.0570 e. The summed E-state index contributed by atoms with van der Waals surface area (Å²) < 4.78 is 0. The van der Waals surface area contributed by atoms with Gasteiger partial charge in [0.25, 0.3) is 0 Å². The highest BCUT2D eigenvalue weighted by atomic mass is 15.5. The molecule has 0 aromatic rings. The van der Waals surface area contributed by atoms with Gasteiger partial charge < -0.3 is 0 Å². The molecular formula is C11H20N2. The molecule has 2 unspecified atom stereocenters. The second-order valence-corrected chi connectivity index (χ2v) is 4.59. The van der Waals surface area contributed by atoms with Crippen molar-refractivity contribution >= 4 is 6.21 Å². The van der Waals surface area contributed by atoms with Crippen molar-refractivity contribution in [2.75, 3.05) is 7.05 Å². The first-order chi connectivity index (χ1) is 6.29. The molecule has 2 heteroatoms. The molecule has 0 aromatic heterocycles. The zero-order valence-corrected chi connectivity index (χ0v) is 8.74. The molecule has 2 nitrogen and oxygen atoms in total. The number of hydrogen-bond acceptors (Lipinski definition) is 2. The SMILES string of the molecule is CC1C=NN(C)C1C1CCCCC1. The van der Waals surface area contributed by atoms with Gasteiger partial charge >= 0.3 is 0 Å². The lowest BCUT2D eigenvalue weighted by Crippen LogP contribution is -2.36. The Bertz CT molecular complexity index is 182. The summed E-state index contributed by atoms with van der Waals surface area (Å²) >= 11 is 0. The van der Waals surface area contributed by atoms with Crippen molar-refractivity contribution in [3.8, 4) is 0 Å². The topological polar surface area (TPSA) is 15.6 Å². The van der Waals surface area contributed by atoms with Crippen molar-refractivity contribution in [2.45, 2.75) is 45.1 Å². The maximum atomic E-state index is 4.38. The van der Waals surface area contributed by atoms with Crippen LogP contribution in [0.1, 0.15) is 39.0 Å². The van der Waals surface area contributed by atoms with Crippen LogP contribution in [0.25, 0.3) is 0 Å². The number of hydrogen-bond donors (Lipinski definition) is 0. The van der Waals surface area contributed by atoms with E-state index in [0.29, 0.717) is 12.0 Å². The standard InChI is InChI=1S/C11H20N2/c1-9-8-12-13(2)11(9)10-6-4-3-5-7-10/h8-11H,3-7H2,1-2H3. The minimum absolute atomic E-state index is 0.660. The average molecular weight is 180 g/mol. The second-order valence-electron chi connectivity index (χ2n) is 4.59. The highest BCUT2D eigenvalue weighted by Gasteiger charge is 2.33. The average Bonchev–Trinajstić information content (AvgIpc) is 2.48. The van der Waals surface area contributed by atoms with Gasteiger partial charge in [0.1, 0.15) is 0 Å². The van der Waals surface area contributed by atoms with Gasteiger partial charge in [-0.1, -0.05) is 26.2 Å². The van der Waals surface area contributed by atoms with Crippen LogP contribution >= 0.6 is 0 Å². The van der Waals surface area contributed by atoms with Crippen LogP contribution in [0.5, 0.6) is 0 Å². The fraction of sp³-hybridized carbons (Fsp3) is 0.909. The first-order valence-corrected chi connectivity index (χ1v) is 5.56. The summed E-state index contributed by atoms with van der Waals surface area (Å²) in [6, 6.07) is 0.695. The third kappa shape index (κ3) is 1.72. The predicted molar refractivity (Wildman–Crippen MR) is 55.8 cm³/mol. The molecule has 1 aliphatic carbocycles. The van der Waals surface area contributed by atoms with Gasteiger partial charge in [0.05, 0.1) is 6.04 Å². The zero-order chi connectivity index (χ0) is 9.26. The van der Waals surface area contributed by atoms with Gasteiger partial charge in [0.15, 0.2) is 0 Å². The first-order valence-electron chi connectivity index (χ1n) is 5.56. The largest absolute Gasteiger partial charge is 0.296 e. The van der Waals surface area contributed by atoms with Gasteiger partial charge in [0.2, 0.25) is 0 Å². The Hall–Kier alpha value is -0.530. The third-order valence-electron chi connectivity index (χ3n) is 3.59. The Morgan fingerprint density at radius 1 is 1.23 bits per heavy atom. The number of rotatable bonds is 1. The molecule has 0 radical (unpaired) electrons. The van der Waals surface area contributed by atoms with Gasteiger partial charge in [-0.15, -0.1) is 0 Å². The van der Waals surface area contributed by atoms with Crippen LogP contribution in [0, 0.1) is 11.8 Å². The summed E-state index contributed by atoms with van der Waals surface area (Å²) in [6.45, 7) is 2.30. The third-order valence-corrected chi connectivity index (χ3v) is 3.59. The van der Waals surface area contributed by atoms with Crippen molar-refractivity contribution in [1.82, 2.24) is 5.01 Å². The van der Waals surface area contributed by atoms with E-state index < -0.39 is 0 Å². The van der Waals surface area contributed by atoms with E-state index in [1.165, 1.54) is 32.1 Å². The molecule has 0 amide bonds. The minimum Gasteiger partial charge on any atom is -0.296 e. The summed E-state index contributed by atoms with van der Waals surface area (Å²) in [5, 5.41) is 6.56. The molecule has 13 heavy (non-hydrogen) atoms. The fourth-order valence-corrected chi connectivity index (χ4v) is 2.93. The lowest BCUT2D eigenvalue weighted by atomic mass is 9.80. The molecule has 0 aromatic carbocycles. The summed E-state index contributed by atoms with van der Waals surface area (Å²) in [6.07, 6.45) is 9.26. The summed E-state index contributed by atoms with van der Waals surface area (Å²) in [4.78, 5) is 0. The van der Waals surface area contributed by atoms with Crippen LogP contribution in [-0.4, -0.2) is 24.3 Å². The molecule has 0 bridgehead atoms. The van der Waals surface area contributed by atoms with E-state index >= 15 is 0 Å². The van der Waals surface area contributed by atoms with E-state index in [9.17, 15) is 0 Å². The Kier molecular flexibility index (Phi) is 2.56. The van der Waals surface area contributed by atoms with Gasteiger partial charge in [-0.05, 0) is 18.8 Å². The molecule has 1 fully saturated rings. The lowest BCUT2D eigenvalue weighted by Gasteiger charge is -2.33. The maximum absolute atomic E-state index is 4.38. The summed E-state index contributed by atoms with van der Waals surface area (Å²) in [5.41, 5.74) is 0. The molecule has 0 N–H and O–H groups in total. The highest BCUT2D eigenvalue weighted by Crippen LogP contribution is 2.33. The van der Waals surface area contributed by atoms with E-state index in [1.807, 2.05) is 0 Å². The molecule has 0 spiro atoms. The molecule has 1 aliphatic heterocycles.